The first-order valence-electron chi connectivity index (χ1n) is 8.31. The molecule has 3 heterocycles. The Hall–Kier alpha value is -2.77. The number of hydrogen-bond acceptors (Lipinski definition) is 6. The van der Waals surface area contributed by atoms with Gasteiger partial charge in [0.25, 0.3) is 5.91 Å². The number of carbonyl (C=O) groups is 1. The summed E-state index contributed by atoms with van der Waals surface area (Å²) in [6, 6.07) is 3.14. The summed E-state index contributed by atoms with van der Waals surface area (Å²) < 4.78 is 13.3. The molecule has 0 unspecified atom stereocenters. The van der Waals surface area contributed by atoms with Crippen LogP contribution in [0.4, 0.5) is 16.0 Å². The highest BCUT2D eigenvalue weighted by molar-refractivity contribution is 5.94. The van der Waals surface area contributed by atoms with Crippen molar-refractivity contribution in [2.24, 2.45) is 0 Å². The topological polar surface area (TPSA) is 74.2 Å². The third-order valence-corrected chi connectivity index (χ3v) is 4.03. The molecule has 3 rings (SSSR count). The molecule has 0 saturated carbocycles. The quantitative estimate of drug-likeness (QED) is 0.910. The second-order valence-corrected chi connectivity index (χ2v) is 5.86. The van der Waals surface area contributed by atoms with E-state index in [0.29, 0.717) is 32.0 Å². The van der Waals surface area contributed by atoms with E-state index in [1.165, 1.54) is 12.3 Å². The van der Waals surface area contributed by atoms with Crippen molar-refractivity contribution in [2.45, 2.75) is 13.8 Å². The summed E-state index contributed by atoms with van der Waals surface area (Å²) in [5.74, 6) is 1.66. The second kappa shape index (κ2) is 7.42. The van der Waals surface area contributed by atoms with Crippen molar-refractivity contribution < 1.29 is 9.18 Å². The van der Waals surface area contributed by atoms with E-state index < -0.39 is 5.82 Å². The molecule has 1 amide bonds. The van der Waals surface area contributed by atoms with Gasteiger partial charge >= 0.3 is 0 Å². The minimum Gasteiger partial charge on any atom is -0.370 e. The molecular formula is C17H21FN6O. The molecule has 1 N–H and O–H groups in total. The van der Waals surface area contributed by atoms with Crippen molar-refractivity contribution in [3.63, 3.8) is 0 Å². The summed E-state index contributed by atoms with van der Waals surface area (Å²) in [5.41, 5.74) is 0.278. The smallest absolute Gasteiger partial charge is 0.255 e. The SMILES string of the molecule is CCNc1cc(N2CCN(C(=O)c3cncc(F)c3)CC2)nc(C)n1. The van der Waals surface area contributed by atoms with Crippen LogP contribution in [0, 0.1) is 12.7 Å². The van der Waals surface area contributed by atoms with Gasteiger partial charge in [0.2, 0.25) is 0 Å². The van der Waals surface area contributed by atoms with Crippen LogP contribution in [0.5, 0.6) is 0 Å². The molecule has 7 nitrogen and oxygen atoms in total. The number of aryl methyl sites for hydroxylation is 1. The lowest BCUT2D eigenvalue weighted by Crippen LogP contribution is -2.49. The third-order valence-electron chi connectivity index (χ3n) is 4.03. The average Bonchev–Trinajstić information content (AvgIpc) is 2.61. The third kappa shape index (κ3) is 4.01. The highest BCUT2D eigenvalue weighted by atomic mass is 19.1. The Kier molecular flexibility index (Phi) is 5.06. The molecule has 0 spiro atoms. The summed E-state index contributed by atoms with van der Waals surface area (Å²) in [4.78, 5) is 28.9. The monoisotopic (exact) mass is 344 g/mol. The molecule has 0 aromatic carbocycles. The number of halogens is 1. The zero-order valence-corrected chi connectivity index (χ0v) is 14.4. The number of piperazine rings is 1. The van der Waals surface area contributed by atoms with Crippen molar-refractivity contribution in [3.8, 4) is 0 Å². The van der Waals surface area contributed by atoms with Gasteiger partial charge in [-0.2, -0.15) is 0 Å². The lowest BCUT2D eigenvalue weighted by atomic mass is 10.2. The minimum absolute atomic E-state index is 0.196. The predicted molar refractivity (Wildman–Crippen MR) is 93.2 cm³/mol. The molecule has 25 heavy (non-hydrogen) atoms. The maximum absolute atomic E-state index is 13.3. The highest BCUT2D eigenvalue weighted by Gasteiger charge is 2.23. The van der Waals surface area contributed by atoms with Crippen LogP contribution in [-0.4, -0.2) is 58.5 Å². The predicted octanol–water partition coefficient (Wildman–Crippen LogP) is 1.71. The molecule has 2 aromatic rings. The van der Waals surface area contributed by atoms with Gasteiger partial charge in [0.15, 0.2) is 0 Å². The minimum atomic E-state index is -0.503. The van der Waals surface area contributed by atoms with Crippen LogP contribution >= 0.6 is 0 Å². The van der Waals surface area contributed by atoms with Crippen LogP contribution in [0.1, 0.15) is 23.1 Å². The van der Waals surface area contributed by atoms with Gasteiger partial charge in [0.05, 0.1) is 11.8 Å². The van der Waals surface area contributed by atoms with E-state index in [1.54, 1.807) is 4.90 Å². The lowest BCUT2D eigenvalue weighted by molar-refractivity contribution is 0.0745. The fourth-order valence-electron chi connectivity index (χ4n) is 2.84. The van der Waals surface area contributed by atoms with Gasteiger partial charge in [-0.05, 0) is 19.9 Å². The maximum atomic E-state index is 13.3. The molecular weight excluding hydrogens is 323 g/mol. The highest BCUT2D eigenvalue weighted by Crippen LogP contribution is 2.18. The van der Waals surface area contributed by atoms with Crippen LogP contribution in [-0.2, 0) is 0 Å². The molecule has 0 atom stereocenters. The molecule has 0 bridgehead atoms. The Bertz CT molecular complexity index is 761. The van der Waals surface area contributed by atoms with Crippen molar-refractivity contribution in [2.75, 3.05) is 42.9 Å². The average molecular weight is 344 g/mol. The molecule has 2 aromatic heterocycles. The fourth-order valence-corrected chi connectivity index (χ4v) is 2.84. The van der Waals surface area contributed by atoms with Gasteiger partial charge in [-0.1, -0.05) is 0 Å². The van der Waals surface area contributed by atoms with Gasteiger partial charge in [-0.3, -0.25) is 9.78 Å². The van der Waals surface area contributed by atoms with Crippen LogP contribution in [0.3, 0.4) is 0 Å². The zero-order valence-electron chi connectivity index (χ0n) is 14.4. The van der Waals surface area contributed by atoms with Crippen LogP contribution in [0.2, 0.25) is 0 Å². The number of hydrogen-bond donors (Lipinski definition) is 1. The normalized spacial score (nSPS) is 14.5. The zero-order chi connectivity index (χ0) is 17.8. The number of amides is 1. The van der Waals surface area contributed by atoms with Gasteiger partial charge in [-0.15, -0.1) is 0 Å². The fraction of sp³-hybridized carbons (Fsp3) is 0.412. The van der Waals surface area contributed by atoms with E-state index in [2.05, 4.69) is 25.2 Å². The molecule has 1 aliphatic heterocycles. The molecule has 1 aliphatic rings. The summed E-state index contributed by atoms with van der Waals surface area (Å²) in [5, 5.41) is 3.20. The summed E-state index contributed by atoms with van der Waals surface area (Å²) in [6.45, 7) is 7.10. The van der Waals surface area contributed by atoms with Crippen molar-refractivity contribution in [3.05, 3.63) is 41.7 Å². The Morgan fingerprint density at radius 3 is 2.64 bits per heavy atom. The first-order valence-corrected chi connectivity index (χ1v) is 8.31. The van der Waals surface area contributed by atoms with Crippen LogP contribution in [0.25, 0.3) is 0 Å². The molecule has 8 heteroatoms. The van der Waals surface area contributed by atoms with Crippen molar-refractivity contribution in [1.82, 2.24) is 19.9 Å². The number of nitrogens with zero attached hydrogens (tertiary/aromatic N) is 5. The van der Waals surface area contributed by atoms with E-state index in [-0.39, 0.29) is 11.5 Å². The van der Waals surface area contributed by atoms with Gasteiger partial charge in [-0.25, -0.2) is 14.4 Å². The number of pyridine rings is 1. The Morgan fingerprint density at radius 2 is 1.96 bits per heavy atom. The van der Waals surface area contributed by atoms with Crippen LogP contribution in [0.15, 0.2) is 24.5 Å². The second-order valence-electron chi connectivity index (χ2n) is 5.86. The molecule has 132 valence electrons. The first-order chi connectivity index (χ1) is 12.1. The molecule has 0 radical (unpaired) electrons. The van der Waals surface area contributed by atoms with E-state index in [4.69, 9.17) is 0 Å². The standard InChI is InChI=1S/C17H21FN6O/c1-3-20-15-9-16(22-12(2)21-15)23-4-6-24(7-5-23)17(25)13-8-14(18)11-19-10-13/h8-11H,3-7H2,1-2H3,(H,20,21,22). The van der Waals surface area contributed by atoms with Crippen molar-refractivity contribution >= 4 is 17.5 Å². The number of rotatable bonds is 4. The van der Waals surface area contributed by atoms with Gasteiger partial charge < -0.3 is 15.1 Å². The number of carbonyl (C=O) groups excluding carboxylic acids is 1. The largest absolute Gasteiger partial charge is 0.370 e. The van der Waals surface area contributed by atoms with E-state index in [0.717, 1.165) is 24.4 Å². The number of anilines is 2. The Morgan fingerprint density at radius 1 is 1.20 bits per heavy atom. The Balaban J connectivity index is 1.66. The number of aromatic nitrogens is 3. The lowest BCUT2D eigenvalue weighted by Gasteiger charge is -2.35. The summed E-state index contributed by atoms with van der Waals surface area (Å²) >= 11 is 0. The number of nitrogens with one attached hydrogen (secondary N) is 1. The molecule has 1 fully saturated rings. The molecule has 0 aliphatic carbocycles. The maximum Gasteiger partial charge on any atom is 0.255 e. The molecule has 1 saturated heterocycles. The first kappa shape index (κ1) is 17.1. The van der Waals surface area contributed by atoms with Crippen LogP contribution < -0.4 is 10.2 Å². The van der Waals surface area contributed by atoms with Gasteiger partial charge in [0, 0.05) is 45.0 Å². The van der Waals surface area contributed by atoms with Crippen molar-refractivity contribution in [1.29, 1.82) is 0 Å². The summed E-state index contributed by atoms with van der Waals surface area (Å²) in [6.07, 6.45) is 2.49. The van der Waals surface area contributed by atoms with E-state index in [1.807, 2.05) is 19.9 Å². The van der Waals surface area contributed by atoms with Gasteiger partial charge in [0.1, 0.15) is 23.3 Å². The Labute approximate surface area is 145 Å². The van der Waals surface area contributed by atoms with E-state index >= 15 is 0 Å². The summed E-state index contributed by atoms with van der Waals surface area (Å²) in [7, 11) is 0. The van der Waals surface area contributed by atoms with E-state index in [9.17, 15) is 9.18 Å².